The highest BCUT2D eigenvalue weighted by molar-refractivity contribution is 6.18. The summed E-state index contributed by atoms with van der Waals surface area (Å²) in [5.41, 5.74) is 0.381. The van der Waals surface area contributed by atoms with Gasteiger partial charge in [-0.05, 0) is 12.8 Å². The van der Waals surface area contributed by atoms with Crippen LogP contribution in [-0.4, -0.2) is 29.7 Å². The Labute approximate surface area is 89.7 Å². The number of hydrogen-bond donors (Lipinski definition) is 1. The number of esters is 1. The summed E-state index contributed by atoms with van der Waals surface area (Å²) in [6, 6.07) is 0. The molecule has 0 heterocycles. The largest absolute Gasteiger partial charge is 0.462 e. The van der Waals surface area contributed by atoms with Crippen molar-refractivity contribution in [3.8, 4) is 0 Å². The molecule has 4 heteroatoms. The van der Waals surface area contributed by atoms with Crippen LogP contribution in [0, 0.1) is 0 Å². The number of ether oxygens (including phenoxy) is 1. The summed E-state index contributed by atoms with van der Waals surface area (Å²) >= 11 is 5.44. The normalized spacial score (nSPS) is 12.2. The van der Waals surface area contributed by atoms with Crippen molar-refractivity contribution in [2.75, 3.05) is 12.5 Å². The van der Waals surface area contributed by atoms with Gasteiger partial charge in [-0.2, -0.15) is 0 Å². The first kappa shape index (κ1) is 13.5. The van der Waals surface area contributed by atoms with Crippen molar-refractivity contribution in [3.05, 3.63) is 12.2 Å². The monoisotopic (exact) mass is 220 g/mol. The minimum Gasteiger partial charge on any atom is -0.462 e. The van der Waals surface area contributed by atoms with Crippen LogP contribution >= 0.6 is 11.6 Å². The molecule has 0 aromatic carbocycles. The van der Waals surface area contributed by atoms with Crippen LogP contribution in [0.1, 0.15) is 26.2 Å². The standard InChI is InChI=1S/C10H17ClO3/c1-3-9(12)5-7-14-10(13)8(2)4-6-11/h9,12H,2-7H2,1H3. The van der Waals surface area contributed by atoms with E-state index in [4.69, 9.17) is 16.3 Å². The Hall–Kier alpha value is -0.540. The van der Waals surface area contributed by atoms with E-state index < -0.39 is 12.1 Å². The van der Waals surface area contributed by atoms with E-state index in [2.05, 4.69) is 6.58 Å². The molecule has 0 amide bonds. The molecule has 0 aliphatic heterocycles. The molecule has 0 aromatic heterocycles. The molecule has 14 heavy (non-hydrogen) atoms. The highest BCUT2D eigenvalue weighted by Gasteiger charge is 2.08. The number of aliphatic hydroxyl groups is 1. The Morgan fingerprint density at radius 3 is 2.79 bits per heavy atom. The van der Waals surface area contributed by atoms with Crippen LogP contribution < -0.4 is 0 Å². The Morgan fingerprint density at radius 1 is 1.64 bits per heavy atom. The van der Waals surface area contributed by atoms with Gasteiger partial charge in [-0.25, -0.2) is 4.79 Å². The molecular formula is C10H17ClO3. The number of rotatable bonds is 7. The average Bonchev–Trinajstić information content (AvgIpc) is 2.17. The third-order valence-corrected chi connectivity index (χ3v) is 2.03. The lowest BCUT2D eigenvalue weighted by atomic mass is 10.2. The second-order valence-electron chi connectivity index (χ2n) is 3.03. The van der Waals surface area contributed by atoms with Crippen LogP contribution in [0.15, 0.2) is 12.2 Å². The number of hydrogen-bond acceptors (Lipinski definition) is 3. The number of aliphatic hydroxyl groups excluding tert-OH is 1. The van der Waals surface area contributed by atoms with Crippen LogP contribution in [0.3, 0.4) is 0 Å². The maximum Gasteiger partial charge on any atom is 0.333 e. The van der Waals surface area contributed by atoms with Gasteiger partial charge >= 0.3 is 5.97 Å². The molecule has 0 radical (unpaired) electrons. The quantitative estimate of drug-likeness (QED) is 0.405. The number of carbonyl (C=O) groups excluding carboxylic acids is 1. The van der Waals surface area contributed by atoms with Crippen molar-refractivity contribution in [2.45, 2.75) is 32.3 Å². The Bertz CT molecular complexity index is 192. The molecule has 0 saturated carbocycles. The molecule has 0 rings (SSSR count). The van der Waals surface area contributed by atoms with E-state index in [1.54, 1.807) is 0 Å². The third kappa shape index (κ3) is 6.00. The second kappa shape index (κ2) is 7.83. The number of alkyl halides is 1. The van der Waals surface area contributed by atoms with Crippen molar-refractivity contribution in [3.63, 3.8) is 0 Å². The summed E-state index contributed by atoms with van der Waals surface area (Å²) in [4.78, 5) is 11.1. The van der Waals surface area contributed by atoms with Crippen LogP contribution in [0.5, 0.6) is 0 Å². The number of halogens is 1. The molecule has 82 valence electrons. The third-order valence-electron chi connectivity index (χ3n) is 1.84. The van der Waals surface area contributed by atoms with Crippen molar-refractivity contribution in [2.24, 2.45) is 0 Å². The lowest BCUT2D eigenvalue weighted by Gasteiger charge is -2.08. The van der Waals surface area contributed by atoms with E-state index in [9.17, 15) is 9.90 Å². The van der Waals surface area contributed by atoms with Crippen LogP contribution in [0.25, 0.3) is 0 Å². The molecule has 1 N–H and O–H groups in total. The smallest absolute Gasteiger partial charge is 0.333 e. The van der Waals surface area contributed by atoms with E-state index >= 15 is 0 Å². The zero-order valence-electron chi connectivity index (χ0n) is 8.46. The Kier molecular flexibility index (Phi) is 7.52. The fourth-order valence-electron chi connectivity index (χ4n) is 0.810. The molecule has 0 fully saturated rings. The second-order valence-corrected chi connectivity index (χ2v) is 3.41. The first-order valence-electron chi connectivity index (χ1n) is 4.70. The van der Waals surface area contributed by atoms with Gasteiger partial charge in [0.25, 0.3) is 0 Å². The lowest BCUT2D eigenvalue weighted by Crippen LogP contribution is -2.13. The zero-order valence-corrected chi connectivity index (χ0v) is 9.22. The molecule has 1 unspecified atom stereocenters. The molecular weight excluding hydrogens is 204 g/mol. The van der Waals surface area contributed by atoms with Gasteiger partial charge in [-0.15, -0.1) is 11.6 Å². The topological polar surface area (TPSA) is 46.5 Å². The summed E-state index contributed by atoms with van der Waals surface area (Å²) in [5.74, 6) is -0.0557. The highest BCUT2D eigenvalue weighted by Crippen LogP contribution is 2.04. The van der Waals surface area contributed by atoms with Gasteiger partial charge in [0.2, 0.25) is 0 Å². The minimum atomic E-state index is -0.422. The predicted octanol–water partition coefficient (Wildman–Crippen LogP) is 1.88. The molecule has 0 saturated heterocycles. The van der Waals surface area contributed by atoms with E-state index in [0.29, 0.717) is 30.7 Å². The molecule has 1 atom stereocenters. The van der Waals surface area contributed by atoms with Gasteiger partial charge in [0.15, 0.2) is 0 Å². The van der Waals surface area contributed by atoms with Crippen LogP contribution in [-0.2, 0) is 9.53 Å². The maximum atomic E-state index is 11.1. The van der Waals surface area contributed by atoms with Crippen LogP contribution in [0.4, 0.5) is 0 Å². The van der Waals surface area contributed by atoms with E-state index in [1.807, 2.05) is 6.92 Å². The van der Waals surface area contributed by atoms with E-state index in [-0.39, 0.29) is 6.61 Å². The maximum absolute atomic E-state index is 11.1. The van der Waals surface area contributed by atoms with Gasteiger partial charge in [-0.3, -0.25) is 0 Å². The van der Waals surface area contributed by atoms with Crippen LogP contribution in [0.2, 0.25) is 0 Å². The summed E-state index contributed by atoms with van der Waals surface area (Å²) < 4.78 is 4.87. The molecule has 0 aromatic rings. The summed E-state index contributed by atoms with van der Waals surface area (Å²) in [5, 5.41) is 9.18. The minimum absolute atomic E-state index is 0.231. The van der Waals surface area contributed by atoms with E-state index in [0.717, 1.165) is 0 Å². The lowest BCUT2D eigenvalue weighted by molar-refractivity contribution is -0.139. The summed E-state index contributed by atoms with van der Waals surface area (Å²) in [7, 11) is 0. The Balaban J connectivity index is 3.58. The van der Waals surface area contributed by atoms with Gasteiger partial charge < -0.3 is 9.84 Å². The van der Waals surface area contributed by atoms with Gasteiger partial charge in [-0.1, -0.05) is 13.5 Å². The molecule has 3 nitrogen and oxygen atoms in total. The summed E-state index contributed by atoms with van der Waals surface area (Å²) in [6.45, 7) is 5.65. The SMILES string of the molecule is C=C(CCCl)C(=O)OCCC(O)CC. The van der Waals surface area contributed by atoms with Crippen molar-refractivity contribution in [1.82, 2.24) is 0 Å². The fraction of sp³-hybridized carbons (Fsp3) is 0.700. The van der Waals surface area contributed by atoms with Gasteiger partial charge in [0, 0.05) is 17.9 Å². The van der Waals surface area contributed by atoms with Gasteiger partial charge in [0.05, 0.1) is 12.7 Å². The first-order valence-corrected chi connectivity index (χ1v) is 5.24. The van der Waals surface area contributed by atoms with Crippen molar-refractivity contribution < 1.29 is 14.6 Å². The molecule has 0 aliphatic rings. The number of carbonyl (C=O) groups is 1. The fourth-order valence-corrected chi connectivity index (χ4v) is 1.04. The summed E-state index contributed by atoms with van der Waals surface area (Å²) in [6.07, 6.45) is 1.18. The highest BCUT2D eigenvalue weighted by atomic mass is 35.5. The van der Waals surface area contributed by atoms with Crippen molar-refractivity contribution in [1.29, 1.82) is 0 Å². The average molecular weight is 221 g/mol. The first-order chi connectivity index (χ1) is 6.61. The molecule has 0 spiro atoms. The van der Waals surface area contributed by atoms with Gasteiger partial charge in [0.1, 0.15) is 0 Å². The van der Waals surface area contributed by atoms with E-state index in [1.165, 1.54) is 0 Å². The zero-order chi connectivity index (χ0) is 11.0. The predicted molar refractivity (Wildman–Crippen MR) is 56.4 cm³/mol. The molecule has 0 bridgehead atoms. The van der Waals surface area contributed by atoms with Crippen molar-refractivity contribution >= 4 is 17.6 Å². The Morgan fingerprint density at radius 2 is 2.29 bits per heavy atom. The molecule has 0 aliphatic carbocycles.